The smallest absolute Gasteiger partial charge is 0.221 e. The predicted molar refractivity (Wildman–Crippen MR) is 96.4 cm³/mol. The van der Waals surface area contributed by atoms with Gasteiger partial charge in [0.2, 0.25) is 5.91 Å². The van der Waals surface area contributed by atoms with E-state index in [1.807, 2.05) is 18.2 Å². The predicted octanol–water partition coefficient (Wildman–Crippen LogP) is 2.94. The van der Waals surface area contributed by atoms with Crippen molar-refractivity contribution in [2.45, 2.75) is 51.6 Å². The number of hydrogen-bond acceptors (Lipinski definition) is 3. The van der Waals surface area contributed by atoms with Gasteiger partial charge in [0.1, 0.15) is 5.75 Å². The summed E-state index contributed by atoms with van der Waals surface area (Å²) in [6.45, 7) is 5.33. The third-order valence-electron chi connectivity index (χ3n) is 4.38. The molecule has 1 amide bonds. The van der Waals surface area contributed by atoms with Crippen LogP contribution in [0.3, 0.4) is 0 Å². The molecule has 1 aliphatic heterocycles. The molecule has 1 aromatic rings. The molecule has 2 atom stereocenters. The Balaban J connectivity index is 0.00000264. The number of ether oxygens (including phenoxy) is 1. The second-order valence-electron chi connectivity index (χ2n) is 6.43. The summed E-state index contributed by atoms with van der Waals surface area (Å²) in [5, 5.41) is 6.59. The molecule has 23 heavy (non-hydrogen) atoms. The Hall–Kier alpha value is -1.26. The summed E-state index contributed by atoms with van der Waals surface area (Å²) < 4.78 is 5.42. The molecule has 2 N–H and O–H groups in total. The topological polar surface area (TPSA) is 50.4 Å². The Morgan fingerprint density at radius 3 is 2.74 bits per heavy atom. The van der Waals surface area contributed by atoms with Crippen LogP contribution in [0.2, 0.25) is 0 Å². The van der Waals surface area contributed by atoms with Crippen molar-refractivity contribution in [2.24, 2.45) is 5.92 Å². The van der Waals surface area contributed by atoms with Crippen molar-refractivity contribution >= 4 is 18.3 Å². The number of carbonyl (C=O) groups is 1. The molecule has 5 heteroatoms. The summed E-state index contributed by atoms with van der Waals surface area (Å²) >= 11 is 0. The molecule has 0 bridgehead atoms. The first-order valence-corrected chi connectivity index (χ1v) is 8.24. The summed E-state index contributed by atoms with van der Waals surface area (Å²) in [5.41, 5.74) is 1.14. The number of carbonyl (C=O) groups excluding carboxylic acids is 1. The first kappa shape index (κ1) is 19.8. The number of methoxy groups -OCH3 is 1. The molecule has 1 aliphatic rings. The van der Waals surface area contributed by atoms with E-state index >= 15 is 0 Å². The maximum absolute atomic E-state index is 12.3. The molecule has 1 heterocycles. The number of benzene rings is 1. The van der Waals surface area contributed by atoms with Crippen LogP contribution in [-0.4, -0.2) is 31.6 Å². The van der Waals surface area contributed by atoms with E-state index < -0.39 is 0 Å². The molecule has 0 spiro atoms. The fraction of sp³-hybridized carbons (Fsp3) is 0.611. The lowest BCUT2D eigenvalue weighted by Gasteiger charge is -2.24. The van der Waals surface area contributed by atoms with Gasteiger partial charge in [-0.2, -0.15) is 0 Å². The zero-order chi connectivity index (χ0) is 15.9. The van der Waals surface area contributed by atoms with Crippen molar-refractivity contribution in [2.75, 3.05) is 13.7 Å². The van der Waals surface area contributed by atoms with Crippen LogP contribution in [0.1, 0.15) is 38.7 Å². The molecule has 0 aromatic heterocycles. The van der Waals surface area contributed by atoms with Crippen molar-refractivity contribution in [1.29, 1.82) is 0 Å². The van der Waals surface area contributed by atoms with Crippen LogP contribution in [0.15, 0.2) is 24.3 Å². The minimum absolute atomic E-state index is 0. The van der Waals surface area contributed by atoms with Gasteiger partial charge >= 0.3 is 0 Å². The van der Waals surface area contributed by atoms with Crippen LogP contribution >= 0.6 is 12.4 Å². The van der Waals surface area contributed by atoms with E-state index in [2.05, 4.69) is 30.5 Å². The molecule has 0 radical (unpaired) electrons. The van der Waals surface area contributed by atoms with Crippen LogP contribution in [-0.2, 0) is 11.2 Å². The van der Waals surface area contributed by atoms with Gasteiger partial charge in [-0.25, -0.2) is 0 Å². The first-order chi connectivity index (χ1) is 10.6. The Labute approximate surface area is 145 Å². The van der Waals surface area contributed by atoms with Crippen molar-refractivity contribution in [3.8, 4) is 5.75 Å². The second-order valence-corrected chi connectivity index (χ2v) is 6.43. The number of hydrogen-bond donors (Lipinski definition) is 2. The van der Waals surface area contributed by atoms with Gasteiger partial charge in [-0.1, -0.05) is 32.0 Å². The van der Waals surface area contributed by atoms with Crippen molar-refractivity contribution in [1.82, 2.24) is 10.6 Å². The number of nitrogens with one attached hydrogen (secondary N) is 2. The van der Waals surface area contributed by atoms with Crippen molar-refractivity contribution in [3.05, 3.63) is 29.8 Å². The lowest BCUT2D eigenvalue weighted by molar-refractivity contribution is -0.122. The van der Waals surface area contributed by atoms with Gasteiger partial charge in [-0.15, -0.1) is 12.4 Å². The van der Waals surface area contributed by atoms with E-state index in [0.717, 1.165) is 30.7 Å². The fourth-order valence-corrected chi connectivity index (χ4v) is 2.98. The number of rotatable bonds is 7. The zero-order valence-electron chi connectivity index (χ0n) is 14.3. The molecule has 0 aliphatic carbocycles. The lowest BCUT2D eigenvalue weighted by Crippen LogP contribution is -2.42. The average Bonchev–Trinajstić information content (AvgIpc) is 2.99. The van der Waals surface area contributed by atoms with Gasteiger partial charge in [-0.3, -0.25) is 4.79 Å². The SMILES string of the molecule is COc1ccccc1CC(NC(=O)CC1CCCN1)C(C)C.Cl. The molecule has 1 aromatic carbocycles. The van der Waals surface area contributed by atoms with Gasteiger partial charge in [0, 0.05) is 18.5 Å². The number of halogens is 1. The molecule has 0 saturated carbocycles. The van der Waals surface area contributed by atoms with Crippen molar-refractivity contribution in [3.63, 3.8) is 0 Å². The van der Waals surface area contributed by atoms with E-state index in [1.54, 1.807) is 7.11 Å². The van der Waals surface area contributed by atoms with Gasteiger partial charge in [0.05, 0.1) is 7.11 Å². The lowest BCUT2D eigenvalue weighted by atomic mass is 9.95. The van der Waals surface area contributed by atoms with E-state index in [4.69, 9.17) is 4.74 Å². The Morgan fingerprint density at radius 2 is 2.13 bits per heavy atom. The fourth-order valence-electron chi connectivity index (χ4n) is 2.98. The summed E-state index contributed by atoms with van der Waals surface area (Å²) in [6, 6.07) is 8.50. The maximum Gasteiger partial charge on any atom is 0.221 e. The van der Waals surface area contributed by atoms with Crippen LogP contribution in [0.4, 0.5) is 0 Å². The molecule has 2 unspecified atom stereocenters. The summed E-state index contributed by atoms with van der Waals surface area (Å²) in [6.07, 6.45) is 3.65. The number of amides is 1. The van der Waals surface area contributed by atoms with Crippen LogP contribution < -0.4 is 15.4 Å². The molecule has 1 fully saturated rings. The highest BCUT2D eigenvalue weighted by molar-refractivity contribution is 5.85. The Kier molecular flexibility index (Phi) is 8.42. The summed E-state index contributed by atoms with van der Waals surface area (Å²) in [7, 11) is 1.69. The highest BCUT2D eigenvalue weighted by Crippen LogP contribution is 2.21. The number of para-hydroxylation sites is 1. The van der Waals surface area contributed by atoms with E-state index in [-0.39, 0.29) is 24.4 Å². The molecule has 2 rings (SSSR count). The van der Waals surface area contributed by atoms with E-state index in [9.17, 15) is 4.79 Å². The molecule has 1 saturated heterocycles. The molecular weight excluding hydrogens is 312 g/mol. The monoisotopic (exact) mass is 340 g/mol. The van der Waals surface area contributed by atoms with Gasteiger partial charge < -0.3 is 15.4 Å². The highest BCUT2D eigenvalue weighted by Gasteiger charge is 2.22. The van der Waals surface area contributed by atoms with Crippen LogP contribution in [0, 0.1) is 5.92 Å². The summed E-state index contributed by atoms with van der Waals surface area (Å²) in [4.78, 5) is 12.3. The van der Waals surface area contributed by atoms with Gasteiger partial charge in [0.25, 0.3) is 0 Å². The molecule has 130 valence electrons. The second kappa shape index (κ2) is 9.78. The normalized spacial score (nSPS) is 18.3. The summed E-state index contributed by atoms with van der Waals surface area (Å²) in [5.74, 6) is 1.42. The average molecular weight is 341 g/mol. The van der Waals surface area contributed by atoms with Crippen molar-refractivity contribution < 1.29 is 9.53 Å². The molecular formula is C18H29ClN2O2. The Bertz CT molecular complexity index is 488. The Morgan fingerprint density at radius 1 is 1.39 bits per heavy atom. The quantitative estimate of drug-likeness (QED) is 0.802. The third kappa shape index (κ3) is 6.04. The zero-order valence-corrected chi connectivity index (χ0v) is 15.1. The highest BCUT2D eigenvalue weighted by atomic mass is 35.5. The minimum atomic E-state index is 0. The van der Waals surface area contributed by atoms with Crippen LogP contribution in [0.25, 0.3) is 0 Å². The van der Waals surface area contributed by atoms with Gasteiger partial charge in [-0.05, 0) is 43.4 Å². The first-order valence-electron chi connectivity index (χ1n) is 8.24. The van der Waals surface area contributed by atoms with Gasteiger partial charge in [0.15, 0.2) is 0 Å². The molecule has 4 nitrogen and oxygen atoms in total. The minimum Gasteiger partial charge on any atom is -0.496 e. The van der Waals surface area contributed by atoms with Crippen LogP contribution in [0.5, 0.6) is 5.75 Å². The third-order valence-corrected chi connectivity index (χ3v) is 4.38. The largest absolute Gasteiger partial charge is 0.496 e. The maximum atomic E-state index is 12.3. The van der Waals surface area contributed by atoms with E-state index in [1.165, 1.54) is 6.42 Å². The van der Waals surface area contributed by atoms with E-state index in [0.29, 0.717) is 18.4 Å². The standard InChI is InChI=1S/C18H28N2O2.ClH/c1-13(2)16(11-14-7-4-5-9-17(14)22-3)20-18(21)12-15-8-6-10-19-15;/h4-5,7,9,13,15-16,19H,6,8,10-12H2,1-3H3,(H,20,21);1H.